The van der Waals surface area contributed by atoms with Gasteiger partial charge in [0.1, 0.15) is 18.9 Å². The van der Waals surface area contributed by atoms with E-state index in [0.717, 1.165) is 6.07 Å². The highest BCUT2D eigenvalue weighted by atomic mass is 19.4. The first-order valence-corrected chi connectivity index (χ1v) is 5.13. The Hall–Kier alpha value is -2.30. The predicted octanol–water partition coefficient (Wildman–Crippen LogP) is 1.72. The number of anilines is 1. The molecule has 0 saturated heterocycles. The summed E-state index contributed by atoms with van der Waals surface area (Å²) >= 11 is 0. The van der Waals surface area contributed by atoms with Crippen molar-refractivity contribution in [2.45, 2.75) is 13.1 Å². The predicted molar refractivity (Wildman–Crippen MR) is 59.6 cm³/mol. The standard InChI is InChI=1S/C11H10F3N3O2/c1-7-2-8(4-15)3-9(16-7)17(5-10(18)19)6-11(12,13)14/h2-3H,5-6H2,1H3,(H,18,19). The van der Waals surface area contributed by atoms with Crippen LogP contribution in [0.25, 0.3) is 0 Å². The second-order valence-corrected chi connectivity index (χ2v) is 3.83. The Morgan fingerprint density at radius 3 is 2.63 bits per heavy atom. The molecule has 102 valence electrons. The summed E-state index contributed by atoms with van der Waals surface area (Å²) in [4.78, 5) is 15.0. The Bertz CT molecular complexity index is 523. The molecule has 1 heterocycles. The van der Waals surface area contributed by atoms with Gasteiger partial charge in [-0.3, -0.25) is 4.79 Å². The molecule has 0 aliphatic carbocycles. The molecule has 0 fully saturated rings. The van der Waals surface area contributed by atoms with Gasteiger partial charge >= 0.3 is 12.1 Å². The van der Waals surface area contributed by atoms with E-state index in [-0.39, 0.29) is 11.4 Å². The summed E-state index contributed by atoms with van der Waals surface area (Å²) in [6.45, 7) is -0.779. The van der Waals surface area contributed by atoms with Crippen LogP contribution < -0.4 is 4.90 Å². The smallest absolute Gasteiger partial charge is 0.405 e. The van der Waals surface area contributed by atoms with Crippen LogP contribution in [0, 0.1) is 18.3 Å². The number of carboxylic acid groups (broad SMARTS) is 1. The van der Waals surface area contributed by atoms with Crippen molar-refractivity contribution in [3.8, 4) is 6.07 Å². The Balaban J connectivity index is 3.13. The zero-order valence-corrected chi connectivity index (χ0v) is 9.90. The third kappa shape index (κ3) is 4.83. The number of rotatable bonds is 4. The first-order chi connectivity index (χ1) is 8.71. The molecule has 0 unspecified atom stereocenters. The van der Waals surface area contributed by atoms with E-state index < -0.39 is 25.2 Å². The lowest BCUT2D eigenvalue weighted by atomic mass is 10.2. The van der Waals surface area contributed by atoms with Crippen LogP contribution in [-0.4, -0.2) is 35.3 Å². The minimum absolute atomic E-state index is 0.125. The van der Waals surface area contributed by atoms with Crippen molar-refractivity contribution < 1.29 is 23.1 Å². The van der Waals surface area contributed by atoms with E-state index in [1.807, 2.05) is 0 Å². The van der Waals surface area contributed by atoms with Crippen LogP contribution in [0.3, 0.4) is 0 Å². The van der Waals surface area contributed by atoms with Gasteiger partial charge in [0.05, 0.1) is 11.6 Å². The number of carbonyl (C=O) groups is 1. The number of aryl methyl sites for hydroxylation is 1. The molecule has 1 aromatic heterocycles. The molecule has 19 heavy (non-hydrogen) atoms. The van der Waals surface area contributed by atoms with Crippen molar-refractivity contribution in [2.75, 3.05) is 18.0 Å². The number of carboxylic acids is 1. The number of hydrogen-bond acceptors (Lipinski definition) is 4. The highest BCUT2D eigenvalue weighted by Crippen LogP contribution is 2.21. The van der Waals surface area contributed by atoms with Crippen LogP contribution in [0.5, 0.6) is 0 Å². The van der Waals surface area contributed by atoms with Gasteiger partial charge in [-0.2, -0.15) is 18.4 Å². The van der Waals surface area contributed by atoms with Crippen LogP contribution in [0.2, 0.25) is 0 Å². The quantitative estimate of drug-likeness (QED) is 0.903. The third-order valence-electron chi connectivity index (χ3n) is 2.09. The highest BCUT2D eigenvalue weighted by Gasteiger charge is 2.32. The van der Waals surface area contributed by atoms with Crippen LogP contribution in [-0.2, 0) is 4.79 Å². The molecule has 0 amide bonds. The molecule has 0 spiro atoms. The summed E-state index contributed by atoms with van der Waals surface area (Å²) < 4.78 is 37.2. The van der Waals surface area contributed by atoms with Gasteiger partial charge < -0.3 is 10.0 Å². The van der Waals surface area contributed by atoms with E-state index in [9.17, 15) is 18.0 Å². The number of pyridine rings is 1. The number of aliphatic carboxylic acids is 1. The molecule has 8 heteroatoms. The molecule has 0 aromatic carbocycles. The van der Waals surface area contributed by atoms with Crippen LogP contribution >= 0.6 is 0 Å². The number of aromatic nitrogens is 1. The molecule has 5 nitrogen and oxygen atoms in total. The van der Waals surface area contributed by atoms with Gasteiger partial charge in [-0.1, -0.05) is 0 Å². The van der Waals surface area contributed by atoms with Gasteiger partial charge in [0.15, 0.2) is 0 Å². The molecule has 0 saturated carbocycles. The molecular formula is C11H10F3N3O2. The summed E-state index contributed by atoms with van der Waals surface area (Å²) in [5, 5.41) is 17.4. The first kappa shape index (κ1) is 14.8. The van der Waals surface area contributed by atoms with Gasteiger partial charge in [-0.05, 0) is 19.1 Å². The summed E-state index contributed by atoms with van der Waals surface area (Å²) in [5.74, 6) is -1.60. The van der Waals surface area contributed by atoms with E-state index in [1.54, 1.807) is 6.07 Å². The molecule has 0 atom stereocenters. The molecule has 0 bridgehead atoms. The lowest BCUT2D eigenvalue weighted by Gasteiger charge is -2.23. The summed E-state index contributed by atoms with van der Waals surface area (Å²) in [6, 6.07) is 4.31. The monoisotopic (exact) mass is 273 g/mol. The Labute approximate surface area is 106 Å². The average Bonchev–Trinajstić information content (AvgIpc) is 2.24. The average molecular weight is 273 g/mol. The number of alkyl halides is 3. The second kappa shape index (κ2) is 5.56. The van der Waals surface area contributed by atoms with Crippen molar-refractivity contribution in [1.82, 2.24) is 4.98 Å². The lowest BCUT2D eigenvalue weighted by Crippen LogP contribution is -2.38. The number of nitriles is 1. The van der Waals surface area contributed by atoms with Gasteiger partial charge in [-0.15, -0.1) is 0 Å². The fourth-order valence-electron chi connectivity index (χ4n) is 1.48. The molecule has 0 aliphatic heterocycles. The topological polar surface area (TPSA) is 77.2 Å². The molecule has 0 radical (unpaired) electrons. The van der Waals surface area contributed by atoms with Crippen LogP contribution in [0.1, 0.15) is 11.3 Å². The maximum atomic E-state index is 12.4. The fourth-order valence-corrected chi connectivity index (χ4v) is 1.48. The Morgan fingerprint density at radius 1 is 1.53 bits per heavy atom. The second-order valence-electron chi connectivity index (χ2n) is 3.83. The largest absolute Gasteiger partial charge is 0.480 e. The zero-order valence-electron chi connectivity index (χ0n) is 9.90. The van der Waals surface area contributed by atoms with E-state index in [1.165, 1.54) is 13.0 Å². The van der Waals surface area contributed by atoms with Crippen molar-refractivity contribution >= 4 is 11.8 Å². The Kier molecular flexibility index (Phi) is 4.32. The van der Waals surface area contributed by atoms with Crippen molar-refractivity contribution in [3.63, 3.8) is 0 Å². The van der Waals surface area contributed by atoms with Gasteiger partial charge in [0, 0.05) is 5.69 Å². The SMILES string of the molecule is Cc1cc(C#N)cc(N(CC(=O)O)CC(F)(F)F)n1. The maximum absolute atomic E-state index is 12.4. The van der Waals surface area contributed by atoms with E-state index in [2.05, 4.69) is 4.98 Å². The normalized spacial score (nSPS) is 10.9. The van der Waals surface area contributed by atoms with Crippen LogP contribution in [0.4, 0.5) is 19.0 Å². The molecule has 0 aliphatic rings. The zero-order chi connectivity index (χ0) is 14.6. The van der Waals surface area contributed by atoms with Gasteiger partial charge in [0.2, 0.25) is 0 Å². The molecule has 1 rings (SSSR count). The molecule has 1 aromatic rings. The van der Waals surface area contributed by atoms with E-state index in [4.69, 9.17) is 10.4 Å². The van der Waals surface area contributed by atoms with E-state index >= 15 is 0 Å². The van der Waals surface area contributed by atoms with Gasteiger partial charge in [0.25, 0.3) is 0 Å². The first-order valence-electron chi connectivity index (χ1n) is 5.13. The highest BCUT2D eigenvalue weighted by molar-refractivity contribution is 5.73. The van der Waals surface area contributed by atoms with Crippen LogP contribution in [0.15, 0.2) is 12.1 Å². The lowest BCUT2D eigenvalue weighted by molar-refractivity contribution is -0.136. The Morgan fingerprint density at radius 2 is 2.16 bits per heavy atom. The number of halogens is 3. The molecule has 1 N–H and O–H groups in total. The summed E-state index contributed by atoms with van der Waals surface area (Å²) in [7, 11) is 0. The summed E-state index contributed by atoms with van der Waals surface area (Å²) in [5.41, 5.74) is 0.465. The fraction of sp³-hybridized carbons (Fsp3) is 0.364. The van der Waals surface area contributed by atoms with E-state index in [0.29, 0.717) is 10.6 Å². The minimum atomic E-state index is -4.56. The minimum Gasteiger partial charge on any atom is -0.480 e. The van der Waals surface area contributed by atoms with Crippen molar-refractivity contribution in [1.29, 1.82) is 5.26 Å². The number of hydrogen-bond donors (Lipinski definition) is 1. The van der Waals surface area contributed by atoms with Gasteiger partial charge in [-0.25, -0.2) is 4.98 Å². The maximum Gasteiger partial charge on any atom is 0.405 e. The third-order valence-corrected chi connectivity index (χ3v) is 2.09. The van der Waals surface area contributed by atoms with Crippen molar-refractivity contribution in [2.24, 2.45) is 0 Å². The number of nitrogens with zero attached hydrogens (tertiary/aromatic N) is 3. The summed E-state index contributed by atoms with van der Waals surface area (Å²) in [6.07, 6.45) is -4.56. The van der Waals surface area contributed by atoms with Crippen molar-refractivity contribution in [3.05, 3.63) is 23.4 Å². The molecular weight excluding hydrogens is 263 g/mol.